The highest BCUT2D eigenvalue weighted by Crippen LogP contribution is 2.26. The first kappa shape index (κ1) is 14.2. The summed E-state index contributed by atoms with van der Waals surface area (Å²) in [5, 5.41) is 0. The first-order chi connectivity index (χ1) is 7.94. The molecule has 1 aliphatic rings. The summed E-state index contributed by atoms with van der Waals surface area (Å²) < 4.78 is 6.23. The predicted octanol–water partition coefficient (Wildman–Crippen LogP) is 4.66. The molecule has 0 spiro atoms. The van der Waals surface area contributed by atoms with E-state index in [0.29, 0.717) is 5.92 Å². The SMILES string of the molecule is CCC(C)C(OC(C)(C)C)C1=CC=CCC=C1. The van der Waals surface area contributed by atoms with Crippen LogP contribution in [0.4, 0.5) is 0 Å². The molecule has 0 saturated heterocycles. The predicted molar refractivity (Wildman–Crippen MR) is 75.1 cm³/mol. The molecule has 0 amide bonds. The smallest absolute Gasteiger partial charge is 0.0857 e. The Morgan fingerprint density at radius 2 is 2.00 bits per heavy atom. The molecule has 17 heavy (non-hydrogen) atoms. The van der Waals surface area contributed by atoms with Crippen molar-refractivity contribution < 1.29 is 4.74 Å². The van der Waals surface area contributed by atoms with Gasteiger partial charge in [-0.15, -0.1) is 0 Å². The topological polar surface area (TPSA) is 9.23 Å². The Kier molecular flexibility index (Phi) is 5.20. The van der Waals surface area contributed by atoms with E-state index in [1.54, 1.807) is 0 Å². The van der Waals surface area contributed by atoms with Crippen LogP contribution in [-0.2, 0) is 4.74 Å². The van der Waals surface area contributed by atoms with Crippen LogP contribution in [0.2, 0.25) is 0 Å². The second-order valence-corrected chi connectivity index (χ2v) is 5.77. The van der Waals surface area contributed by atoms with Crippen molar-refractivity contribution in [1.82, 2.24) is 0 Å². The lowest BCUT2D eigenvalue weighted by Crippen LogP contribution is -2.32. The molecule has 0 bridgehead atoms. The first-order valence-electron chi connectivity index (χ1n) is 6.65. The zero-order chi connectivity index (χ0) is 12.9. The third-order valence-corrected chi connectivity index (χ3v) is 2.98. The van der Waals surface area contributed by atoms with E-state index in [0.717, 1.165) is 12.8 Å². The summed E-state index contributed by atoms with van der Waals surface area (Å²) >= 11 is 0. The molecule has 2 unspecified atom stereocenters. The van der Waals surface area contributed by atoms with Gasteiger partial charge in [-0.2, -0.15) is 0 Å². The van der Waals surface area contributed by atoms with Crippen LogP contribution in [-0.4, -0.2) is 11.7 Å². The molecular formula is C16H26O. The molecule has 0 saturated carbocycles. The van der Waals surface area contributed by atoms with E-state index in [-0.39, 0.29) is 11.7 Å². The Labute approximate surface area is 106 Å². The molecule has 0 heterocycles. The Morgan fingerprint density at radius 1 is 1.29 bits per heavy atom. The summed E-state index contributed by atoms with van der Waals surface area (Å²) in [6.07, 6.45) is 13.3. The van der Waals surface area contributed by atoms with E-state index in [1.807, 2.05) is 0 Å². The van der Waals surface area contributed by atoms with Gasteiger partial charge in [0.25, 0.3) is 0 Å². The molecule has 0 aromatic heterocycles. The average Bonchev–Trinajstić information content (AvgIpc) is 2.52. The van der Waals surface area contributed by atoms with Crippen molar-refractivity contribution >= 4 is 0 Å². The van der Waals surface area contributed by atoms with Crippen LogP contribution in [0.3, 0.4) is 0 Å². The fraction of sp³-hybridized carbons (Fsp3) is 0.625. The molecule has 2 atom stereocenters. The van der Waals surface area contributed by atoms with Crippen molar-refractivity contribution in [1.29, 1.82) is 0 Å². The molecule has 0 fully saturated rings. The molecule has 1 heteroatoms. The lowest BCUT2D eigenvalue weighted by molar-refractivity contribution is -0.0632. The summed E-state index contributed by atoms with van der Waals surface area (Å²) in [7, 11) is 0. The maximum atomic E-state index is 6.23. The lowest BCUT2D eigenvalue weighted by atomic mass is 9.93. The van der Waals surface area contributed by atoms with Gasteiger partial charge in [-0.05, 0) is 38.7 Å². The Hall–Kier alpha value is -0.820. The summed E-state index contributed by atoms with van der Waals surface area (Å²) in [6, 6.07) is 0. The zero-order valence-electron chi connectivity index (χ0n) is 11.9. The largest absolute Gasteiger partial charge is 0.368 e. The summed E-state index contributed by atoms with van der Waals surface area (Å²) in [6.45, 7) is 10.9. The molecule has 0 radical (unpaired) electrons. The minimum Gasteiger partial charge on any atom is -0.368 e. The van der Waals surface area contributed by atoms with Crippen molar-refractivity contribution in [2.75, 3.05) is 0 Å². The van der Waals surface area contributed by atoms with Crippen LogP contribution in [0.1, 0.15) is 47.5 Å². The normalized spacial score (nSPS) is 19.7. The van der Waals surface area contributed by atoms with E-state index < -0.39 is 0 Å². The molecule has 96 valence electrons. The zero-order valence-corrected chi connectivity index (χ0v) is 11.9. The van der Waals surface area contributed by atoms with E-state index in [9.17, 15) is 0 Å². The van der Waals surface area contributed by atoms with E-state index in [1.165, 1.54) is 5.57 Å². The fourth-order valence-electron chi connectivity index (χ4n) is 1.89. The van der Waals surface area contributed by atoms with Crippen LogP contribution in [0.15, 0.2) is 36.0 Å². The van der Waals surface area contributed by atoms with Gasteiger partial charge in [0.15, 0.2) is 0 Å². The van der Waals surface area contributed by atoms with Crippen molar-refractivity contribution in [3.63, 3.8) is 0 Å². The van der Waals surface area contributed by atoms with Crippen molar-refractivity contribution in [3.8, 4) is 0 Å². The van der Waals surface area contributed by atoms with E-state index >= 15 is 0 Å². The molecule has 1 nitrogen and oxygen atoms in total. The van der Waals surface area contributed by atoms with Gasteiger partial charge in [0, 0.05) is 0 Å². The summed E-state index contributed by atoms with van der Waals surface area (Å²) in [5.41, 5.74) is 1.20. The van der Waals surface area contributed by atoms with Gasteiger partial charge in [0.05, 0.1) is 11.7 Å². The molecule has 0 aliphatic heterocycles. The summed E-state index contributed by atoms with van der Waals surface area (Å²) in [4.78, 5) is 0. The average molecular weight is 234 g/mol. The van der Waals surface area contributed by atoms with Gasteiger partial charge in [-0.1, -0.05) is 50.6 Å². The lowest BCUT2D eigenvalue weighted by Gasteiger charge is -2.32. The molecular weight excluding hydrogens is 208 g/mol. The third kappa shape index (κ3) is 4.91. The van der Waals surface area contributed by atoms with Crippen LogP contribution < -0.4 is 0 Å². The van der Waals surface area contributed by atoms with E-state index in [4.69, 9.17) is 4.74 Å². The van der Waals surface area contributed by atoms with Crippen LogP contribution in [0, 0.1) is 5.92 Å². The number of rotatable bonds is 4. The Bertz CT molecular complexity index is 315. The van der Waals surface area contributed by atoms with Crippen LogP contribution >= 0.6 is 0 Å². The van der Waals surface area contributed by atoms with E-state index in [2.05, 4.69) is 65.0 Å². The standard InChI is InChI=1S/C16H26O/c1-6-13(2)15(17-16(3,4)5)14-11-9-7-8-10-12-14/h7,9-13,15H,6,8H2,1-5H3. The number of allylic oxidation sites excluding steroid dienone is 4. The van der Waals surface area contributed by atoms with Crippen molar-refractivity contribution in [2.24, 2.45) is 5.92 Å². The molecule has 0 aromatic carbocycles. The molecule has 1 rings (SSSR count). The highest BCUT2D eigenvalue weighted by molar-refractivity contribution is 5.31. The highest BCUT2D eigenvalue weighted by Gasteiger charge is 2.25. The molecule has 1 aliphatic carbocycles. The quantitative estimate of drug-likeness (QED) is 0.687. The second kappa shape index (κ2) is 6.20. The maximum absolute atomic E-state index is 6.23. The number of hydrogen-bond donors (Lipinski definition) is 0. The van der Waals surface area contributed by atoms with Crippen LogP contribution in [0.25, 0.3) is 0 Å². The number of ether oxygens (including phenoxy) is 1. The van der Waals surface area contributed by atoms with Gasteiger partial charge in [-0.25, -0.2) is 0 Å². The molecule has 0 N–H and O–H groups in total. The maximum Gasteiger partial charge on any atom is 0.0857 e. The van der Waals surface area contributed by atoms with Crippen molar-refractivity contribution in [2.45, 2.75) is 59.2 Å². The highest BCUT2D eigenvalue weighted by atomic mass is 16.5. The molecule has 0 aromatic rings. The third-order valence-electron chi connectivity index (χ3n) is 2.98. The Morgan fingerprint density at radius 3 is 2.59 bits per heavy atom. The van der Waals surface area contributed by atoms with Gasteiger partial charge in [0.1, 0.15) is 0 Å². The fourth-order valence-corrected chi connectivity index (χ4v) is 1.89. The summed E-state index contributed by atoms with van der Waals surface area (Å²) in [5.74, 6) is 0.539. The van der Waals surface area contributed by atoms with Gasteiger partial charge < -0.3 is 4.74 Å². The van der Waals surface area contributed by atoms with Gasteiger partial charge in [0.2, 0.25) is 0 Å². The Balaban J connectivity index is 2.89. The van der Waals surface area contributed by atoms with Crippen molar-refractivity contribution in [3.05, 3.63) is 36.0 Å². The minimum absolute atomic E-state index is 0.0984. The first-order valence-corrected chi connectivity index (χ1v) is 6.65. The van der Waals surface area contributed by atoms with Gasteiger partial charge >= 0.3 is 0 Å². The minimum atomic E-state index is -0.0984. The number of hydrogen-bond acceptors (Lipinski definition) is 1. The second-order valence-electron chi connectivity index (χ2n) is 5.77. The monoisotopic (exact) mass is 234 g/mol. The van der Waals surface area contributed by atoms with Gasteiger partial charge in [-0.3, -0.25) is 0 Å². The van der Waals surface area contributed by atoms with Crippen LogP contribution in [0.5, 0.6) is 0 Å².